The van der Waals surface area contributed by atoms with E-state index >= 15 is 0 Å². The van der Waals surface area contributed by atoms with Crippen LogP contribution in [0.25, 0.3) is 0 Å². The van der Waals surface area contributed by atoms with Crippen molar-refractivity contribution in [2.75, 3.05) is 13.2 Å². The summed E-state index contributed by atoms with van der Waals surface area (Å²) in [4.78, 5) is 45.2. The van der Waals surface area contributed by atoms with E-state index in [9.17, 15) is 24.5 Å². The fraction of sp³-hybridized carbons (Fsp3) is 0.167. The highest BCUT2D eigenvalue weighted by molar-refractivity contribution is 5.96. The van der Waals surface area contributed by atoms with Crippen molar-refractivity contribution in [3.8, 4) is 5.75 Å². The molecule has 0 aliphatic rings. The molecule has 0 aliphatic carbocycles. The lowest BCUT2D eigenvalue weighted by Gasteiger charge is -2.10. The Kier molecular flexibility index (Phi) is 7.03. The van der Waals surface area contributed by atoms with Gasteiger partial charge in [0, 0.05) is 17.7 Å². The smallest absolute Gasteiger partial charge is 0.344 e. The Morgan fingerprint density at radius 2 is 1.79 bits per heavy atom. The Morgan fingerprint density at radius 1 is 1.04 bits per heavy atom. The van der Waals surface area contributed by atoms with Crippen molar-refractivity contribution in [2.24, 2.45) is 0 Å². The normalized spacial score (nSPS) is 9.89. The molecule has 0 fully saturated rings. The van der Waals surface area contributed by atoms with E-state index in [1.807, 2.05) is 24.5 Å². The average Bonchev–Trinajstić information content (AvgIpc) is 2.69. The Labute approximate surface area is 159 Å². The number of esters is 1. The molecule has 0 saturated heterocycles. The van der Waals surface area contributed by atoms with Crippen LogP contribution in [0.15, 0.2) is 48.5 Å². The van der Waals surface area contributed by atoms with Crippen molar-refractivity contribution in [3.05, 3.63) is 69.8 Å². The van der Waals surface area contributed by atoms with E-state index in [0.29, 0.717) is 5.75 Å². The Balaban J connectivity index is 1.73. The minimum Gasteiger partial charge on any atom is -0.482 e. The molecule has 2 aromatic carbocycles. The molecule has 2 aromatic rings. The maximum atomic E-state index is 11.9. The number of benzene rings is 2. The van der Waals surface area contributed by atoms with E-state index in [1.165, 1.54) is 18.2 Å². The Morgan fingerprint density at radius 3 is 2.50 bits per heavy atom. The molecule has 2 amide bonds. The van der Waals surface area contributed by atoms with Gasteiger partial charge in [0.05, 0.1) is 4.92 Å². The lowest BCUT2D eigenvalue weighted by atomic mass is 10.2. The summed E-state index contributed by atoms with van der Waals surface area (Å²) in [5, 5.41) is 10.7. The number of hydrazine groups is 1. The number of hydrogen-bond acceptors (Lipinski definition) is 7. The molecule has 2 rings (SSSR count). The van der Waals surface area contributed by atoms with Crippen molar-refractivity contribution in [1.82, 2.24) is 10.9 Å². The fourth-order valence-corrected chi connectivity index (χ4v) is 2.04. The molecule has 0 radical (unpaired) electrons. The summed E-state index contributed by atoms with van der Waals surface area (Å²) >= 11 is 0. The van der Waals surface area contributed by atoms with Crippen molar-refractivity contribution >= 4 is 23.5 Å². The summed E-state index contributed by atoms with van der Waals surface area (Å²) in [5.74, 6) is -1.79. The van der Waals surface area contributed by atoms with Gasteiger partial charge < -0.3 is 9.47 Å². The van der Waals surface area contributed by atoms with E-state index < -0.39 is 29.3 Å². The summed E-state index contributed by atoms with van der Waals surface area (Å²) in [6, 6.07) is 12.1. The van der Waals surface area contributed by atoms with E-state index in [1.54, 1.807) is 12.1 Å². The number of nitro benzene ring substituents is 1. The molecule has 2 N–H and O–H groups in total. The number of ether oxygens (including phenoxy) is 2. The minimum absolute atomic E-state index is 0.0156. The molecule has 146 valence electrons. The molecule has 0 spiro atoms. The molecule has 28 heavy (non-hydrogen) atoms. The van der Waals surface area contributed by atoms with Gasteiger partial charge in [0.2, 0.25) is 0 Å². The first-order valence-electron chi connectivity index (χ1n) is 8.04. The van der Waals surface area contributed by atoms with Gasteiger partial charge in [0.25, 0.3) is 17.5 Å². The summed E-state index contributed by atoms with van der Waals surface area (Å²) in [6.07, 6.45) is 0. The van der Waals surface area contributed by atoms with E-state index in [4.69, 9.17) is 9.47 Å². The highest BCUT2D eigenvalue weighted by atomic mass is 16.6. The monoisotopic (exact) mass is 387 g/mol. The molecular weight excluding hydrogens is 370 g/mol. The van der Waals surface area contributed by atoms with Gasteiger partial charge in [-0.1, -0.05) is 24.3 Å². The molecule has 0 aliphatic heterocycles. The molecule has 0 saturated carbocycles. The number of nitrogens with one attached hydrogen (secondary N) is 2. The number of non-ortho nitro benzene ring substituents is 1. The number of amides is 2. The zero-order valence-electron chi connectivity index (χ0n) is 14.8. The van der Waals surface area contributed by atoms with Crippen LogP contribution >= 0.6 is 0 Å². The predicted octanol–water partition coefficient (Wildman–Crippen LogP) is 1.29. The predicted molar refractivity (Wildman–Crippen MR) is 96.3 cm³/mol. The van der Waals surface area contributed by atoms with Crippen LogP contribution in [0.1, 0.15) is 15.9 Å². The fourth-order valence-electron chi connectivity index (χ4n) is 2.04. The van der Waals surface area contributed by atoms with Crippen LogP contribution in [-0.4, -0.2) is 35.9 Å². The molecule has 0 heterocycles. The molecule has 0 atom stereocenters. The zero-order valence-corrected chi connectivity index (χ0v) is 14.8. The van der Waals surface area contributed by atoms with E-state index in [-0.39, 0.29) is 17.9 Å². The minimum atomic E-state index is -0.789. The first-order chi connectivity index (χ1) is 13.4. The van der Waals surface area contributed by atoms with Crippen molar-refractivity contribution < 1.29 is 28.8 Å². The SMILES string of the molecule is Cc1ccccc1OCC(=O)OCC(=O)NNC(=O)c1cccc([N+](=O)[O-])c1. The first kappa shape index (κ1) is 20.4. The van der Waals surface area contributed by atoms with E-state index in [0.717, 1.165) is 11.6 Å². The van der Waals surface area contributed by atoms with Crippen molar-refractivity contribution in [3.63, 3.8) is 0 Å². The van der Waals surface area contributed by atoms with Crippen molar-refractivity contribution in [1.29, 1.82) is 0 Å². The molecule has 10 heteroatoms. The van der Waals surface area contributed by atoms with Crippen LogP contribution < -0.4 is 15.6 Å². The van der Waals surface area contributed by atoms with Crippen LogP contribution in [0.3, 0.4) is 0 Å². The quantitative estimate of drug-likeness (QED) is 0.415. The Hall–Kier alpha value is -3.95. The third-order valence-corrected chi connectivity index (χ3v) is 3.44. The van der Waals surface area contributed by atoms with Crippen LogP contribution in [0.4, 0.5) is 5.69 Å². The van der Waals surface area contributed by atoms with Gasteiger partial charge in [-0.2, -0.15) is 0 Å². The molecule has 0 aromatic heterocycles. The van der Waals surface area contributed by atoms with Crippen LogP contribution in [0.2, 0.25) is 0 Å². The number of rotatable bonds is 7. The molecule has 0 bridgehead atoms. The van der Waals surface area contributed by atoms with Crippen LogP contribution in [0, 0.1) is 17.0 Å². The largest absolute Gasteiger partial charge is 0.482 e. The van der Waals surface area contributed by atoms with Gasteiger partial charge in [0.1, 0.15) is 5.75 Å². The highest BCUT2D eigenvalue weighted by Crippen LogP contribution is 2.16. The lowest BCUT2D eigenvalue weighted by molar-refractivity contribution is -0.384. The zero-order chi connectivity index (χ0) is 20.5. The van der Waals surface area contributed by atoms with Gasteiger partial charge in [-0.25, -0.2) is 4.79 Å². The second kappa shape index (κ2) is 9.67. The van der Waals surface area contributed by atoms with Gasteiger partial charge in [-0.15, -0.1) is 0 Å². The van der Waals surface area contributed by atoms with Crippen molar-refractivity contribution in [2.45, 2.75) is 6.92 Å². The third kappa shape index (κ3) is 6.09. The number of hydrogen-bond donors (Lipinski definition) is 2. The summed E-state index contributed by atoms with van der Waals surface area (Å²) in [6.45, 7) is 0.807. The van der Waals surface area contributed by atoms with Crippen LogP contribution in [-0.2, 0) is 14.3 Å². The number of carbonyl (C=O) groups excluding carboxylic acids is 3. The second-order valence-corrected chi connectivity index (χ2v) is 5.52. The second-order valence-electron chi connectivity index (χ2n) is 5.52. The topological polar surface area (TPSA) is 137 Å². The third-order valence-electron chi connectivity index (χ3n) is 3.44. The van der Waals surface area contributed by atoms with Crippen LogP contribution in [0.5, 0.6) is 5.75 Å². The van der Waals surface area contributed by atoms with Gasteiger partial charge >= 0.3 is 5.97 Å². The van der Waals surface area contributed by atoms with Gasteiger partial charge in [0.15, 0.2) is 13.2 Å². The van der Waals surface area contributed by atoms with Gasteiger partial charge in [-0.3, -0.25) is 30.6 Å². The lowest BCUT2D eigenvalue weighted by Crippen LogP contribution is -2.43. The Bertz CT molecular complexity index is 898. The highest BCUT2D eigenvalue weighted by Gasteiger charge is 2.13. The maximum Gasteiger partial charge on any atom is 0.344 e. The molecule has 0 unspecified atom stereocenters. The maximum absolute atomic E-state index is 11.9. The number of aryl methyl sites for hydroxylation is 1. The molecular formula is C18H17N3O7. The molecule has 10 nitrogen and oxygen atoms in total. The van der Waals surface area contributed by atoms with Gasteiger partial charge in [-0.05, 0) is 24.6 Å². The standard InChI is InChI=1S/C18H17N3O7/c1-12-5-2-3-8-15(12)27-11-17(23)28-10-16(22)19-20-18(24)13-6-4-7-14(9-13)21(25)26/h2-9H,10-11H2,1H3,(H,19,22)(H,20,24). The average molecular weight is 387 g/mol. The summed E-state index contributed by atoms with van der Waals surface area (Å²) < 4.78 is 10.0. The first-order valence-corrected chi connectivity index (χ1v) is 8.04. The number of carbonyl (C=O) groups is 3. The number of para-hydroxylation sites is 1. The summed E-state index contributed by atoms with van der Waals surface area (Å²) in [5.41, 5.74) is 4.68. The number of nitro groups is 1. The van der Waals surface area contributed by atoms with E-state index in [2.05, 4.69) is 5.43 Å². The summed E-state index contributed by atoms with van der Waals surface area (Å²) in [7, 11) is 0. The number of nitrogens with zero attached hydrogens (tertiary/aromatic N) is 1.